The van der Waals surface area contributed by atoms with Crippen LogP contribution in [0.3, 0.4) is 0 Å². The van der Waals surface area contributed by atoms with Gasteiger partial charge in [-0.3, -0.25) is 28.7 Å². The van der Waals surface area contributed by atoms with Gasteiger partial charge < -0.3 is 19.3 Å². The van der Waals surface area contributed by atoms with E-state index in [1.54, 1.807) is 24.3 Å². The number of carbonyl (C=O) groups is 1. The SMILES string of the molecule is Cc1cc(C)cc(N2CCC(c3ccc(C(OC(=O)OC(c4ccc(C5CCN(c6cc(C)cc(C)c6)CC5)cc4)n4cc(F)c(=O)[nH]c4=O)n4cc(F)c(=O)[nH]c4=O)cc3)CC2)c1. The number of aromatic amines is 2. The molecule has 2 aromatic heterocycles. The van der Waals surface area contributed by atoms with Crippen molar-refractivity contribution in [2.24, 2.45) is 0 Å². The highest BCUT2D eigenvalue weighted by Crippen LogP contribution is 2.35. The second-order valence-electron chi connectivity index (χ2n) is 17.0. The van der Waals surface area contributed by atoms with Gasteiger partial charge in [-0.1, -0.05) is 60.7 Å². The van der Waals surface area contributed by atoms with E-state index in [2.05, 4.69) is 73.9 Å². The summed E-state index contributed by atoms with van der Waals surface area (Å²) in [5.74, 6) is -2.18. The molecule has 8 rings (SSSR count). The Bertz CT molecular complexity index is 2670. The van der Waals surface area contributed by atoms with Gasteiger partial charge in [-0.05, 0) is 123 Å². The fraction of sp³-hybridized carbons (Fsp3) is 0.327. The lowest BCUT2D eigenvalue weighted by molar-refractivity contribution is -0.0215. The molecule has 2 atom stereocenters. The molecule has 0 saturated carbocycles. The number of hydrogen-bond acceptors (Lipinski definition) is 9. The summed E-state index contributed by atoms with van der Waals surface area (Å²) in [6.45, 7) is 11.7. The highest BCUT2D eigenvalue weighted by Gasteiger charge is 2.29. The number of anilines is 2. The van der Waals surface area contributed by atoms with Crippen molar-refractivity contribution in [1.29, 1.82) is 0 Å². The molecule has 64 heavy (non-hydrogen) atoms. The number of aryl methyl sites for hydroxylation is 4. The van der Waals surface area contributed by atoms with Gasteiger partial charge in [0.15, 0.2) is 0 Å². The first-order valence-electron chi connectivity index (χ1n) is 21.4. The second kappa shape index (κ2) is 18.4. The van der Waals surface area contributed by atoms with Crippen LogP contribution in [-0.4, -0.2) is 51.4 Å². The molecule has 15 heteroatoms. The van der Waals surface area contributed by atoms with Crippen LogP contribution in [0.5, 0.6) is 0 Å². The topological polar surface area (TPSA) is 152 Å². The number of rotatable bonds is 10. The number of ether oxygens (including phenoxy) is 2. The van der Waals surface area contributed by atoms with E-state index < -0.39 is 52.7 Å². The number of benzene rings is 4. The van der Waals surface area contributed by atoms with Gasteiger partial charge in [0.1, 0.15) is 0 Å². The summed E-state index contributed by atoms with van der Waals surface area (Å²) in [7, 11) is 0. The van der Waals surface area contributed by atoms with Crippen LogP contribution in [0.15, 0.2) is 117 Å². The first kappa shape index (κ1) is 43.6. The van der Waals surface area contributed by atoms with Crippen LogP contribution in [0, 0.1) is 39.3 Å². The molecule has 0 aliphatic carbocycles. The predicted octanol–water partition coefficient (Wildman–Crippen LogP) is 7.61. The van der Waals surface area contributed by atoms with E-state index in [-0.39, 0.29) is 23.0 Å². The molecule has 2 aliphatic rings. The molecule has 2 fully saturated rings. The van der Waals surface area contributed by atoms with E-state index in [4.69, 9.17) is 9.47 Å². The Morgan fingerprint density at radius 1 is 0.547 bits per heavy atom. The maximum atomic E-state index is 14.8. The van der Waals surface area contributed by atoms with Crippen LogP contribution in [0.4, 0.5) is 25.0 Å². The first-order chi connectivity index (χ1) is 30.7. The summed E-state index contributed by atoms with van der Waals surface area (Å²) in [4.78, 5) is 72.7. The minimum atomic E-state index is -1.66. The molecule has 0 bridgehead atoms. The third-order valence-electron chi connectivity index (χ3n) is 12.3. The average molecular weight is 873 g/mol. The summed E-state index contributed by atoms with van der Waals surface area (Å²) in [5, 5.41) is 0. The van der Waals surface area contributed by atoms with Crippen molar-refractivity contribution in [2.75, 3.05) is 36.0 Å². The number of halogens is 2. The monoisotopic (exact) mass is 872 g/mol. The molecular formula is C49H50F2N6O7. The Labute approximate surface area is 367 Å². The van der Waals surface area contributed by atoms with E-state index in [0.717, 1.165) is 63.0 Å². The lowest BCUT2D eigenvalue weighted by Crippen LogP contribution is -2.37. The van der Waals surface area contributed by atoms with Crippen LogP contribution in [0.1, 0.15) is 94.5 Å². The second-order valence-corrected chi connectivity index (χ2v) is 17.0. The zero-order chi connectivity index (χ0) is 45.2. The van der Waals surface area contributed by atoms with E-state index in [1.807, 2.05) is 34.2 Å². The average Bonchev–Trinajstić information content (AvgIpc) is 3.27. The summed E-state index contributed by atoms with van der Waals surface area (Å²) in [6, 6.07) is 27.0. The van der Waals surface area contributed by atoms with Crippen molar-refractivity contribution in [3.05, 3.63) is 195 Å². The fourth-order valence-electron chi connectivity index (χ4n) is 9.12. The first-order valence-corrected chi connectivity index (χ1v) is 21.4. The Morgan fingerprint density at radius 3 is 1.20 bits per heavy atom. The van der Waals surface area contributed by atoms with Crippen molar-refractivity contribution in [3.63, 3.8) is 0 Å². The Hall–Kier alpha value is -7.03. The van der Waals surface area contributed by atoms with Crippen molar-refractivity contribution in [2.45, 2.75) is 77.7 Å². The maximum Gasteiger partial charge on any atom is 0.512 e. The van der Waals surface area contributed by atoms with Gasteiger partial charge in [-0.25, -0.2) is 14.4 Å². The highest BCUT2D eigenvalue weighted by molar-refractivity contribution is 5.61. The molecule has 2 aliphatic heterocycles. The molecule has 0 radical (unpaired) electrons. The lowest BCUT2D eigenvalue weighted by atomic mass is 9.88. The summed E-state index contributed by atoms with van der Waals surface area (Å²) in [6.07, 6.45) is 0.0129. The van der Waals surface area contributed by atoms with Gasteiger partial charge in [0.2, 0.25) is 24.1 Å². The molecule has 0 spiro atoms. The van der Waals surface area contributed by atoms with Gasteiger partial charge in [0, 0.05) is 48.7 Å². The molecule has 4 heterocycles. The summed E-state index contributed by atoms with van der Waals surface area (Å²) >= 11 is 0. The molecule has 6 aromatic rings. The molecule has 13 nitrogen and oxygen atoms in total. The normalized spacial score (nSPS) is 15.8. The standard InChI is InChI=1S/C49H50F2N6O7/c1-29-21-30(2)24-39(23-29)54-17-13-35(14-18-54)33-5-9-37(10-6-33)45(56-27-41(50)43(58)52-47(56)60)63-49(62)64-46(57-28-42(51)44(59)53-48(57)61)38-11-7-34(8-12-38)36-15-19-55(20-16-36)40-25-31(3)22-32(4)26-40/h5-12,21-28,35-36,45-46H,13-20H2,1-4H3,(H,52,58,60)(H,53,59,61). The minimum absolute atomic E-state index is 0.215. The van der Waals surface area contributed by atoms with Crippen LogP contribution in [-0.2, 0) is 9.47 Å². The van der Waals surface area contributed by atoms with Gasteiger partial charge in [-0.2, -0.15) is 8.78 Å². The van der Waals surface area contributed by atoms with Crippen LogP contribution < -0.4 is 32.3 Å². The largest absolute Gasteiger partial charge is 0.512 e. The fourth-order valence-corrected chi connectivity index (χ4v) is 9.12. The summed E-state index contributed by atoms with van der Waals surface area (Å²) in [5.41, 5.74) is 5.02. The molecule has 332 valence electrons. The van der Waals surface area contributed by atoms with E-state index in [0.29, 0.717) is 21.5 Å². The van der Waals surface area contributed by atoms with Gasteiger partial charge in [0.05, 0.1) is 12.4 Å². The zero-order valence-electron chi connectivity index (χ0n) is 36.1. The number of hydrogen-bond donors (Lipinski definition) is 2. The third kappa shape index (κ3) is 9.63. The van der Waals surface area contributed by atoms with E-state index in [1.165, 1.54) is 33.6 Å². The van der Waals surface area contributed by atoms with Crippen molar-refractivity contribution >= 4 is 17.5 Å². The number of H-pyrrole nitrogens is 2. The molecule has 4 aromatic carbocycles. The number of aromatic nitrogens is 4. The molecule has 2 N–H and O–H groups in total. The number of nitrogens with one attached hydrogen (secondary N) is 2. The Morgan fingerprint density at radius 2 is 0.875 bits per heavy atom. The van der Waals surface area contributed by atoms with Gasteiger partial charge >= 0.3 is 17.5 Å². The van der Waals surface area contributed by atoms with Crippen molar-refractivity contribution in [3.8, 4) is 0 Å². The molecule has 0 amide bonds. The van der Waals surface area contributed by atoms with Crippen LogP contribution in [0.25, 0.3) is 0 Å². The number of nitrogens with zero attached hydrogens (tertiary/aromatic N) is 4. The zero-order valence-corrected chi connectivity index (χ0v) is 36.1. The molecule has 2 unspecified atom stereocenters. The van der Waals surface area contributed by atoms with E-state index >= 15 is 0 Å². The molecule has 2 saturated heterocycles. The van der Waals surface area contributed by atoms with Gasteiger partial charge in [-0.15, -0.1) is 0 Å². The van der Waals surface area contributed by atoms with Crippen LogP contribution >= 0.6 is 0 Å². The highest BCUT2D eigenvalue weighted by atomic mass is 19.1. The third-order valence-corrected chi connectivity index (χ3v) is 12.3. The van der Waals surface area contributed by atoms with Crippen molar-refractivity contribution < 1.29 is 23.0 Å². The quantitative estimate of drug-likeness (QED) is 0.133. The Balaban J connectivity index is 1.03. The minimum Gasteiger partial charge on any atom is -0.405 e. The predicted molar refractivity (Wildman–Crippen MR) is 239 cm³/mol. The van der Waals surface area contributed by atoms with E-state index in [9.17, 15) is 32.8 Å². The maximum absolute atomic E-state index is 14.8. The number of carbonyl (C=O) groups excluding carboxylic acids is 1. The molecular weight excluding hydrogens is 823 g/mol. The van der Waals surface area contributed by atoms with Gasteiger partial charge in [0.25, 0.3) is 11.1 Å². The smallest absolute Gasteiger partial charge is 0.405 e. The summed E-state index contributed by atoms with van der Waals surface area (Å²) < 4.78 is 42.4. The van der Waals surface area contributed by atoms with Crippen LogP contribution in [0.2, 0.25) is 0 Å². The Kier molecular flexibility index (Phi) is 12.5. The van der Waals surface area contributed by atoms with Crippen molar-refractivity contribution in [1.82, 2.24) is 19.1 Å². The number of piperidine rings is 2. The lowest BCUT2D eigenvalue weighted by Gasteiger charge is -2.34.